The quantitative estimate of drug-likeness (QED) is 0.398. The Balaban J connectivity index is 2.19. The molecule has 2 rings (SSSR count). The van der Waals surface area contributed by atoms with Crippen LogP contribution in [-0.2, 0) is 0 Å². The van der Waals surface area contributed by atoms with Crippen LogP contribution in [0.5, 0.6) is 11.5 Å². The van der Waals surface area contributed by atoms with Crippen molar-refractivity contribution in [1.29, 1.82) is 0 Å². The molecule has 0 radical (unpaired) electrons. The molecule has 0 aliphatic carbocycles. The highest BCUT2D eigenvalue weighted by Gasteiger charge is 2.12. The Hall–Kier alpha value is -2.53. The van der Waals surface area contributed by atoms with Crippen molar-refractivity contribution in [2.75, 3.05) is 14.2 Å². The van der Waals surface area contributed by atoms with Crippen LogP contribution < -0.4 is 14.9 Å². The molecule has 1 N–H and O–H groups in total. The zero-order chi connectivity index (χ0) is 15.9. The van der Waals surface area contributed by atoms with Crippen molar-refractivity contribution >= 4 is 23.8 Å². The third kappa shape index (κ3) is 3.99. The summed E-state index contributed by atoms with van der Waals surface area (Å²) in [6.45, 7) is 0. The lowest BCUT2D eigenvalue weighted by Crippen LogP contribution is -2.09. The lowest BCUT2D eigenvalue weighted by Gasteiger charge is -2.10. The van der Waals surface area contributed by atoms with Crippen molar-refractivity contribution in [3.63, 3.8) is 0 Å². The number of carbonyl (C=O) groups is 1. The molecule has 0 aliphatic rings. The molecule has 2 aromatic carbocycles. The minimum absolute atomic E-state index is 0.337. The molecule has 6 heteroatoms. The number of nitrogens with zero attached hydrogens (tertiary/aromatic N) is 1. The number of halogens is 1. The molecule has 0 heterocycles. The molecule has 114 valence electrons. The second kappa shape index (κ2) is 7.47. The smallest absolute Gasteiger partial charge is 0.343 e. The van der Waals surface area contributed by atoms with Crippen LogP contribution in [0, 0.1) is 0 Å². The molecular formula is C16H15ClN2O3. The van der Waals surface area contributed by atoms with Gasteiger partial charge in [0.05, 0.1) is 18.9 Å². The number of ether oxygens (including phenoxy) is 2. The number of hydrogen-bond donors (Lipinski definition) is 1. The SMILES string of the molecule is CN/N=C/c1ccc(OC(=O)c2ccc(Cl)cc2)c(OC)c1. The van der Waals surface area contributed by atoms with Crippen LogP contribution in [-0.4, -0.2) is 26.3 Å². The van der Waals surface area contributed by atoms with Gasteiger partial charge in [0.2, 0.25) is 0 Å². The number of hydrogen-bond acceptors (Lipinski definition) is 5. The predicted octanol–water partition coefficient (Wildman–Crippen LogP) is 3.12. The summed E-state index contributed by atoms with van der Waals surface area (Å²) < 4.78 is 10.6. The van der Waals surface area contributed by atoms with Crippen molar-refractivity contribution in [3.8, 4) is 11.5 Å². The molecule has 22 heavy (non-hydrogen) atoms. The van der Waals surface area contributed by atoms with E-state index in [0.717, 1.165) is 5.56 Å². The van der Waals surface area contributed by atoms with Gasteiger partial charge in [0.25, 0.3) is 0 Å². The summed E-state index contributed by atoms with van der Waals surface area (Å²) in [5.74, 6) is 0.304. The van der Waals surface area contributed by atoms with Gasteiger partial charge in [0.15, 0.2) is 11.5 Å². The maximum absolute atomic E-state index is 12.1. The number of nitrogens with one attached hydrogen (secondary N) is 1. The molecule has 0 atom stereocenters. The molecular weight excluding hydrogens is 304 g/mol. The van der Waals surface area contributed by atoms with E-state index in [0.29, 0.717) is 22.1 Å². The van der Waals surface area contributed by atoms with E-state index in [2.05, 4.69) is 10.5 Å². The summed E-state index contributed by atoms with van der Waals surface area (Å²) in [4.78, 5) is 12.1. The number of rotatable bonds is 5. The molecule has 0 saturated heterocycles. The van der Waals surface area contributed by atoms with Gasteiger partial charge >= 0.3 is 5.97 Å². The fourth-order valence-corrected chi connectivity index (χ4v) is 1.86. The Bertz CT molecular complexity index is 684. The fraction of sp³-hybridized carbons (Fsp3) is 0.125. The number of carbonyl (C=O) groups excluding carboxylic acids is 1. The predicted molar refractivity (Wildman–Crippen MR) is 86.1 cm³/mol. The topological polar surface area (TPSA) is 59.9 Å². The van der Waals surface area contributed by atoms with Gasteiger partial charge in [-0.15, -0.1) is 0 Å². The van der Waals surface area contributed by atoms with Gasteiger partial charge in [-0.25, -0.2) is 4.79 Å². The van der Waals surface area contributed by atoms with Crippen molar-refractivity contribution < 1.29 is 14.3 Å². The second-order valence-corrected chi connectivity index (χ2v) is 4.72. The average molecular weight is 319 g/mol. The van der Waals surface area contributed by atoms with Gasteiger partial charge < -0.3 is 14.9 Å². The van der Waals surface area contributed by atoms with Gasteiger partial charge in [-0.3, -0.25) is 0 Å². The Labute approximate surface area is 133 Å². The maximum atomic E-state index is 12.1. The minimum atomic E-state index is -0.480. The van der Waals surface area contributed by atoms with E-state index in [1.54, 1.807) is 55.7 Å². The Kier molecular flexibility index (Phi) is 5.38. The summed E-state index contributed by atoms with van der Waals surface area (Å²) in [6.07, 6.45) is 1.63. The van der Waals surface area contributed by atoms with Gasteiger partial charge in [0.1, 0.15) is 0 Å². The lowest BCUT2D eigenvalue weighted by atomic mass is 10.2. The van der Waals surface area contributed by atoms with E-state index in [1.807, 2.05) is 0 Å². The van der Waals surface area contributed by atoms with Gasteiger partial charge in [-0.1, -0.05) is 11.6 Å². The number of esters is 1. The molecule has 0 aromatic heterocycles. The number of benzene rings is 2. The van der Waals surface area contributed by atoms with E-state index in [1.165, 1.54) is 7.11 Å². The van der Waals surface area contributed by atoms with Crippen LogP contribution in [0.3, 0.4) is 0 Å². The van der Waals surface area contributed by atoms with Gasteiger partial charge in [0, 0.05) is 12.1 Å². The Morgan fingerprint density at radius 2 is 1.91 bits per heavy atom. The average Bonchev–Trinajstić information content (AvgIpc) is 2.54. The van der Waals surface area contributed by atoms with Crippen LogP contribution in [0.4, 0.5) is 0 Å². The molecule has 0 aliphatic heterocycles. The molecule has 0 unspecified atom stereocenters. The Morgan fingerprint density at radius 1 is 1.18 bits per heavy atom. The highest BCUT2D eigenvalue weighted by molar-refractivity contribution is 6.30. The molecule has 0 saturated carbocycles. The van der Waals surface area contributed by atoms with E-state index >= 15 is 0 Å². The van der Waals surface area contributed by atoms with Crippen LogP contribution in [0.15, 0.2) is 47.6 Å². The molecule has 5 nitrogen and oxygen atoms in total. The summed E-state index contributed by atoms with van der Waals surface area (Å²) in [7, 11) is 3.21. The van der Waals surface area contributed by atoms with Crippen molar-refractivity contribution in [3.05, 3.63) is 58.6 Å². The summed E-state index contributed by atoms with van der Waals surface area (Å²) in [5.41, 5.74) is 3.89. The molecule has 0 bridgehead atoms. The third-order valence-electron chi connectivity index (χ3n) is 2.81. The van der Waals surface area contributed by atoms with Gasteiger partial charge in [-0.05, 0) is 48.0 Å². The normalized spacial score (nSPS) is 10.5. The highest BCUT2D eigenvalue weighted by atomic mass is 35.5. The molecule has 0 amide bonds. The highest BCUT2D eigenvalue weighted by Crippen LogP contribution is 2.28. The molecule has 0 spiro atoms. The summed E-state index contributed by atoms with van der Waals surface area (Å²) in [5, 5.41) is 4.47. The largest absolute Gasteiger partial charge is 0.493 e. The van der Waals surface area contributed by atoms with Crippen LogP contribution in [0.2, 0.25) is 5.02 Å². The monoisotopic (exact) mass is 318 g/mol. The van der Waals surface area contributed by atoms with Crippen LogP contribution in [0.25, 0.3) is 0 Å². The third-order valence-corrected chi connectivity index (χ3v) is 3.06. The Morgan fingerprint density at radius 3 is 2.55 bits per heavy atom. The minimum Gasteiger partial charge on any atom is -0.493 e. The van der Waals surface area contributed by atoms with E-state index in [-0.39, 0.29) is 0 Å². The molecule has 0 fully saturated rings. The van der Waals surface area contributed by atoms with Crippen molar-refractivity contribution in [2.45, 2.75) is 0 Å². The van der Waals surface area contributed by atoms with Crippen LogP contribution >= 0.6 is 11.6 Å². The number of methoxy groups -OCH3 is 1. The lowest BCUT2D eigenvalue weighted by molar-refractivity contribution is 0.0729. The van der Waals surface area contributed by atoms with Crippen molar-refractivity contribution in [1.82, 2.24) is 5.43 Å². The van der Waals surface area contributed by atoms with Crippen molar-refractivity contribution in [2.24, 2.45) is 5.10 Å². The van der Waals surface area contributed by atoms with E-state index < -0.39 is 5.97 Å². The van der Waals surface area contributed by atoms with Gasteiger partial charge in [-0.2, -0.15) is 5.10 Å². The van der Waals surface area contributed by atoms with Crippen LogP contribution in [0.1, 0.15) is 15.9 Å². The standard InChI is InChI=1S/C16H15ClN2O3/c1-18-19-10-11-3-8-14(15(9-11)21-2)22-16(20)12-4-6-13(17)7-5-12/h3-10,18H,1-2H3/b19-10+. The second-order valence-electron chi connectivity index (χ2n) is 4.29. The zero-order valence-electron chi connectivity index (χ0n) is 12.2. The van der Waals surface area contributed by atoms with E-state index in [9.17, 15) is 4.79 Å². The first-order chi connectivity index (χ1) is 10.6. The fourth-order valence-electron chi connectivity index (χ4n) is 1.73. The first-order valence-corrected chi connectivity index (χ1v) is 6.87. The maximum Gasteiger partial charge on any atom is 0.343 e. The zero-order valence-corrected chi connectivity index (χ0v) is 12.9. The van der Waals surface area contributed by atoms with E-state index in [4.69, 9.17) is 21.1 Å². The molecule has 2 aromatic rings. The number of hydrazone groups is 1. The summed E-state index contributed by atoms with van der Waals surface area (Å²) in [6, 6.07) is 11.6. The summed E-state index contributed by atoms with van der Waals surface area (Å²) >= 11 is 5.79. The first-order valence-electron chi connectivity index (χ1n) is 6.49. The first kappa shape index (κ1) is 15.9.